The van der Waals surface area contributed by atoms with E-state index in [0.717, 1.165) is 5.56 Å². The lowest BCUT2D eigenvalue weighted by Crippen LogP contribution is -2.30. The molecular weight excluding hydrogens is 307 g/mol. The third-order valence-electron chi connectivity index (χ3n) is 3.06. The fourth-order valence-electron chi connectivity index (χ4n) is 1.92. The van der Waals surface area contributed by atoms with E-state index >= 15 is 0 Å². The minimum absolute atomic E-state index is 0.00797. The molecule has 2 aromatic rings. The minimum Gasteiger partial charge on any atom is -0.388 e. The molecule has 4 nitrogen and oxygen atoms in total. The summed E-state index contributed by atoms with van der Waals surface area (Å²) in [6, 6.07) is 12.5. The van der Waals surface area contributed by atoms with Crippen molar-refractivity contribution in [2.24, 2.45) is 0 Å². The number of aliphatic hydroxyl groups is 1. The number of amides is 2. The van der Waals surface area contributed by atoms with Crippen molar-refractivity contribution >= 4 is 23.3 Å². The van der Waals surface area contributed by atoms with Crippen LogP contribution in [0.4, 0.5) is 14.9 Å². The van der Waals surface area contributed by atoms with E-state index < -0.39 is 18.0 Å². The molecule has 6 heteroatoms. The molecule has 0 spiro atoms. The van der Waals surface area contributed by atoms with E-state index in [1.54, 1.807) is 0 Å². The minimum atomic E-state index is -0.663. The molecular formula is C16H16ClFN2O2. The molecule has 22 heavy (non-hydrogen) atoms. The molecule has 3 N–H and O–H groups in total. The summed E-state index contributed by atoms with van der Waals surface area (Å²) in [6.07, 6.45) is -0.306. The van der Waals surface area contributed by atoms with Crippen molar-refractivity contribution in [1.82, 2.24) is 5.32 Å². The average Bonchev–Trinajstić information content (AvgIpc) is 2.51. The molecule has 0 aliphatic rings. The Hall–Kier alpha value is -2.11. The maximum Gasteiger partial charge on any atom is 0.319 e. The van der Waals surface area contributed by atoms with Crippen LogP contribution < -0.4 is 10.6 Å². The molecule has 116 valence electrons. The summed E-state index contributed by atoms with van der Waals surface area (Å²) in [5, 5.41) is 15.2. The van der Waals surface area contributed by atoms with Crippen LogP contribution in [0.2, 0.25) is 5.02 Å². The third-order valence-corrected chi connectivity index (χ3v) is 3.30. The van der Waals surface area contributed by atoms with Gasteiger partial charge >= 0.3 is 6.03 Å². The lowest BCUT2D eigenvalue weighted by Gasteiger charge is -2.12. The van der Waals surface area contributed by atoms with E-state index in [1.165, 1.54) is 18.2 Å². The Morgan fingerprint density at radius 3 is 2.68 bits per heavy atom. The number of urea groups is 1. The summed E-state index contributed by atoms with van der Waals surface area (Å²) >= 11 is 5.74. The molecule has 0 saturated heterocycles. The Balaban J connectivity index is 1.80. The van der Waals surface area contributed by atoms with E-state index in [1.807, 2.05) is 30.3 Å². The lowest BCUT2D eigenvalue weighted by atomic mass is 10.1. The highest BCUT2D eigenvalue weighted by molar-refractivity contribution is 6.30. The first-order chi connectivity index (χ1) is 10.6. The zero-order valence-corrected chi connectivity index (χ0v) is 12.5. The van der Waals surface area contributed by atoms with Gasteiger partial charge in [0.25, 0.3) is 0 Å². The first-order valence-corrected chi connectivity index (χ1v) is 7.17. The fraction of sp³-hybridized carbons (Fsp3) is 0.188. The molecule has 0 aliphatic heterocycles. The number of anilines is 1. The Bertz CT molecular complexity index is 637. The van der Waals surface area contributed by atoms with Crippen molar-refractivity contribution in [1.29, 1.82) is 0 Å². The number of aliphatic hydroxyl groups excluding tert-OH is 1. The van der Waals surface area contributed by atoms with Crippen LogP contribution in [0.1, 0.15) is 18.1 Å². The van der Waals surface area contributed by atoms with Gasteiger partial charge in [0.2, 0.25) is 0 Å². The van der Waals surface area contributed by atoms with Crippen LogP contribution >= 0.6 is 11.6 Å². The molecule has 2 rings (SSSR count). The van der Waals surface area contributed by atoms with Gasteiger partial charge in [0.15, 0.2) is 0 Å². The molecule has 0 fully saturated rings. The number of rotatable bonds is 5. The quantitative estimate of drug-likeness (QED) is 0.785. The molecule has 0 aliphatic carbocycles. The normalized spacial score (nSPS) is 11.8. The summed E-state index contributed by atoms with van der Waals surface area (Å²) in [6.45, 7) is 0.254. The highest BCUT2D eigenvalue weighted by Gasteiger charge is 2.09. The van der Waals surface area contributed by atoms with Crippen molar-refractivity contribution in [2.75, 3.05) is 11.9 Å². The number of halogens is 2. The van der Waals surface area contributed by atoms with Crippen LogP contribution in [0.15, 0.2) is 48.5 Å². The number of benzene rings is 2. The number of carbonyl (C=O) groups excluding carboxylic acids is 1. The second kappa shape index (κ2) is 7.77. The topological polar surface area (TPSA) is 61.4 Å². The van der Waals surface area contributed by atoms with Crippen LogP contribution in [0.5, 0.6) is 0 Å². The van der Waals surface area contributed by atoms with Crippen LogP contribution in [-0.2, 0) is 0 Å². The van der Waals surface area contributed by atoms with Crippen LogP contribution in [0.3, 0.4) is 0 Å². The Kier molecular flexibility index (Phi) is 5.75. The Morgan fingerprint density at radius 2 is 1.95 bits per heavy atom. The van der Waals surface area contributed by atoms with E-state index in [0.29, 0.717) is 11.4 Å². The highest BCUT2D eigenvalue weighted by atomic mass is 35.5. The van der Waals surface area contributed by atoms with E-state index in [9.17, 15) is 14.3 Å². The summed E-state index contributed by atoms with van der Waals surface area (Å²) in [7, 11) is 0. The Morgan fingerprint density at radius 1 is 1.23 bits per heavy atom. The molecule has 2 aromatic carbocycles. The summed E-state index contributed by atoms with van der Waals surface area (Å²) in [5.41, 5.74) is 0.791. The lowest BCUT2D eigenvalue weighted by molar-refractivity contribution is 0.167. The van der Waals surface area contributed by atoms with Crippen LogP contribution in [-0.4, -0.2) is 17.7 Å². The Labute approximate surface area is 132 Å². The van der Waals surface area contributed by atoms with Gasteiger partial charge in [-0.25, -0.2) is 9.18 Å². The molecule has 0 bridgehead atoms. The molecule has 1 atom stereocenters. The van der Waals surface area contributed by atoms with Gasteiger partial charge < -0.3 is 15.7 Å². The van der Waals surface area contributed by atoms with Crippen LogP contribution in [0.25, 0.3) is 0 Å². The first kappa shape index (κ1) is 16.3. The highest BCUT2D eigenvalue weighted by Crippen LogP contribution is 2.19. The predicted molar refractivity (Wildman–Crippen MR) is 84.5 cm³/mol. The third kappa shape index (κ3) is 4.72. The number of nitrogens with one attached hydrogen (secondary N) is 2. The fourth-order valence-corrected chi connectivity index (χ4v) is 2.10. The second-order valence-electron chi connectivity index (χ2n) is 4.72. The zero-order chi connectivity index (χ0) is 15.9. The average molecular weight is 323 g/mol. The van der Waals surface area contributed by atoms with E-state index in [4.69, 9.17) is 11.6 Å². The van der Waals surface area contributed by atoms with E-state index in [2.05, 4.69) is 10.6 Å². The first-order valence-electron chi connectivity index (χ1n) is 6.79. The van der Waals surface area contributed by atoms with Gasteiger partial charge in [-0.3, -0.25) is 0 Å². The van der Waals surface area contributed by atoms with Gasteiger partial charge in [-0.1, -0.05) is 41.9 Å². The van der Waals surface area contributed by atoms with E-state index in [-0.39, 0.29) is 12.2 Å². The van der Waals surface area contributed by atoms with Crippen molar-refractivity contribution in [3.63, 3.8) is 0 Å². The molecule has 0 heterocycles. The molecule has 0 saturated carbocycles. The van der Waals surface area contributed by atoms with Crippen molar-refractivity contribution in [3.05, 3.63) is 64.9 Å². The second-order valence-corrected chi connectivity index (χ2v) is 5.16. The molecule has 0 radical (unpaired) electrons. The number of hydrogen-bond acceptors (Lipinski definition) is 2. The van der Waals surface area contributed by atoms with Gasteiger partial charge in [-0.15, -0.1) is 0 Å². The smallest absolute Gasteiger partial charge is 0.319 e. The summed E-state index contributed by atoms with van der Waals surface area (Å²) in [4.78, 5) is 11.7. The van der Waals surface area contributed by atoms with Gasteiger partial charge in [-0.05, 0) is 30.2 Å². The number of hydrogen-bond donors (Lipinski definition) is 3. The predicted octanol–water partition coefficient (Wildman–Crippen LogP) is 3.72. The maximum absolute atomic E-state index is 13.5. The standard InChI is InChI=1S/C16H16ClFN2O2/c17-12-6-7-13(18)14(10-12)20-16(22)19-9-8-15(21)11-4-2-1-3-5-11/h1-7,10,15,21H,8-9H2,(H2,19,20,22). The molecule has 2 amide bonds. The molecule has 0 aromatic heterocycles. The van der Waals surface area contributed by atoms with Gasteiger partial charge in [0.1, 0.15) is 5.82 Å². The van der Waals surface area contributed by atoms with Crippen LogP contribution in [0, 0.1) is 5.82 Å². The van der Waals surface area contributed by atoms with Gasteiger partial charge in [0, 0.05) is 11.6 Å². The summed E-state index contributed by atoms with van der Waals surface area (Å²) < 4.78 is 13.5. The SMILES string of the molecule is O=C(NCCC(O)c1ccccc1)Nc1cc(Cl)ccc1F. The number of carbonyl (C=O) groups is 1. The van der Waals surface area contributed by atoms with Gasteiger partial charge in [0.05, 0.1) is 11.8 Å². The zero-order valence-electron chi connectivity index (χ0n) is 11.7. The monoisotopic (exact) mass is 322 g/mol. The van der Waals surface area contributed by atoms with Crippen molar-refractivity contribution < 1.29 is 14.3 Å². The van der Waals surface area contributed by atoms with Gasteiger partial charge in [-0.2, -0.15) is 0 Å². The van der Waals surface area contributed by atoms with Crippen molar-refractivity contribution in [2.45, 2.75) is 12.5 Å². The van der Waals surface area contributed by atoms with Crippen molar-refractivity contribution in [3.8, 4) is 0 Å². The largest absolute Gasteiger partial charge is 0.388 e. The summed E-state index contributed by atoms with van der Waals surface area (Å²) in [5.74, 6) is -0.566. The maximum atomic E-state index is 13.5. The molecule has 1 unspecified atom stereocenters.